The van der Waals surface area contributed by atoms with Crippen molar-refractivity contribution in [3.8, 4) is 0 Å². The van der Waals surface area contributed by atoms with Gasteiger partial charge in [-0.3, -0.25) is 9.52 Å². The molecule has 0 atom stereocenters. The monoisotopic (exact) mass is 434 g/mol. The number of nitrogens with one attached hydrogen (secondary N) is 1. The standard InChI is InChI=1S/C25H26N2O3S/c28-25(27-16-14-21(15-17-27)18-20-8-3-1-4-9-20)22-10-7-11-23(19-22)26-31(29,30)24-12-5-2-6-13-24/h1-13,19,21,26H,14-18H2. The molecule has 1 heterocycles. The maximum Gasteiger partial charge on any atom is 0.261 e. The molecule has 3 aromatic carbocycles. The van der Waals surface area contributed by atoms with Crippen molar-refractivity contribution in [1.29, 1.82) is 0 Å². The van der Waals surface area contributed by atoms with E-state index >= 15 is 0 Å². The molecule has 31 heavy (non-hydrogen) atoms. The van der Waals surface area contributed by atoms with E-state index in [9.17, 15) is 13.2 Å². The van der Waals surface area contributed by atoms with Gasteiger partial charge < -0.3 is 4.90 Å². The maximum absolute atomic E-state index is 13.0. The van der Waals surface area contributed by atoms with Gasteiger partial charge in [-0.05, 0) is 61.1 Å². The Morgan fingerprint density at radius 3 is 2.19 bits per heavy atom. The zero-order chi connectivity index (χ0) is 21.7. The van der Waals surface area contributed by atoms with Gasteiger partial charge in [-0.2, -0.15) is 0 Å². The molecule has 1 aliphatic rings. The summed E-state index contributed by atoms with van der Waals surface area (Å²) < 4.78 is 27.7. The number of carbonyl (C=O) groups is 1. The van der Waals surface area contributed by atoms with Crippen molar-refractivity contribution in [2.45, 2.75) is 24.2 Å². The third kappa shape index (κ3) is 5.33. The Morgan fingerprint density at radius 1 is 0.871 bits per heavy atom. The Kier molecular flexibility index (Phi) is 6.37. The van der Waals surface area contributed by atoms with Crippen LogP contribution in [0.1, 0.15) is 28.8 Å². The van der Waals surface area contributed by atoms with E-state index in [2.05, 4.69) is 29.0 Å². The van der Waals surface area contributed by atoms with Gasteiger partial charge in [-0.1, -0.05) is 54.6 Å². The lowest BCUT2D eigenvalue weighted by Gasteiger charge is -2.32. The number of anilines is 1. The van der Waals surface area contributed by atoms with Crippen LogP contribution in [0.2, 0.25) is 0 Å². The van der Waals surface area contributed by atoms with Gasteiger partial charge in [-0.15, -0.1) is 0 Å². The zero-order valence-electron chi connectivity index (χ0n) is 17.3. The van der Waals surface area contributed by atoms with Crippen LogP contribution >= 0.6 is 0 Å². The van der Waals surface area contributed by atoms with Gasteiger partial charge in [0.15, 0.2) is 0 Å². The topological polar surface area (TPSA) is 66.5 Å². The summed E-state index contributed by atoms with van der Waals surface area (Å²) in [4.78, 5) is 15.1. The van der Waals surface area contributed by atoms with Crippen molar-refractivity contribution in [2.75, 3.05) is 17.8 Å². The lowest BCUT2D eigenvalue weighted by atomic mass is 9.90. The fourth-order valence-electron chi connectivity index (χ4n) is 4.00. The molecule has 1 saturated heterocycles. The van der Waals surface area contributed by atoms with Crippen molar-refractivity contribution in [3.05, 3.63) is 96.1 Å². The Bertz CT molecular complexity index is 1120. The molecule has 6 heteroatoms. The molecule has 1 aliphatic heterocycles. The van der Waals surface area contributed by atoms with Crippen LogP contribution in [0.25, 0.3) is 0 Å². The number of rotatable bonds is 6. The van der Waals surface area contributed by atoms with Crippen LogP contribution in [0.4, 0.5) is 5.69 Å². The van der Waals surface area contributed by atoms with E-state index in [0.717, 1.165) is 32.4 Å². The van der Waals surface area contributed by atoms with E-state index in [4.69, 9.17) is 0 Å². The largest absolute Gasteiger partial charge is 0.339 e. The molecular formula is C25H26N2O3S. The zero-order valence-corrected chi connectivity index (χ0v) is 18.1. The summed E-state index contributed by atoms with van der Waals surface area (Å²) in [6, 6.07) is 25.4. The molecule has 4 rings (SSSR count). The summed E-state index contributed by atoms with van der Waals surface area (Å²) in [6.45, 7) is 1.44. The van der Waals surface area contributed by atoms with E-state index in [-0.39, 0.29) is 10.8 Å². The van der Waals surface area contributed by atoms with Crippen LogP contribution in [0.3, 0.4) is 0 Å². The van der Waals surface area contributed by atoms with Gasteiger partial charge >= 0.3 is 0 Å². The summed E-state index contributed by atoms with van der Waals surface area (Å²) in [7, 11) is -3.69. The molecule has 0 unspecified atom stereocenters. The number of likely N-dealkylation sites (tertiary alicyclic amines) is 1. The number of hydrogen-bond donors (Lipinski definition) is 1. The molecule has 1 amide bonds. The number of carbonyl (C=O) groups excluding carboxylic acids is 1. The minimum atomic E-state index is -3.69. The molecule has 160 valence electrons. The van der Waals surface area contributed by atoms with Gasteiger partial charge in [0.25, 0.3) is 15.9 Å². The van der Waals surface area contributed by atoms with E-state index in [1.54, 1.807) is 42.5 Å². The number of hydrogen-bond acceptors (Lipinski definition) is 3. The lowest BCUT2D eigenvalue weighted by molar-refractivity contribution is 0.0690. The van der Waals surface area contributed by atoms with Crippen molar-refractivity contribution < 1.29 is 13.2 Å². The van der Waals surface area contributed by atoms with E-state index in [0.29, 0.717) is 17.2 Å². The minimum Gasteiger partial charge on any atom is -0.339 e. The highest BCUT2D eigenvalue weighted by atomic mass is 32.2. The second-order valence-corrected chi connectivity index (χ2v) is 9.61. The fraction of sp³-hybridized carbons (Fsp3) is 0.240. The van der Waals surface area contributed by atoms with E-state index in [1.807, 2.05) is 11.0 Å². The Balaban J connectivity index is 1.38. The van der Waals surface area contributed by atoms with Crippen molar-refractivity contribution in [2.24, 2.45) is 5.92 Å². The molecule has 1 N–H and O–H groups in total. The number of benzene rings is 3. The average molecular weight is 435 g/mol. The Morgan fingerprint density at radius 2 is 1.52 bits per heavy atom. The summed E-state index contributed by atoms with van der Waals surface area (Å²) in [5.41, 5.74) is 2.22. The normalized spacial score (nSPS) is 14.9. The molecule has 0 saturated carbocycles. The van der Waals surface area contributed by atoms with Crippen molar-refractivity contribution in [3.63, 3.8) is 0 Å². The lowest BCUT2D eigenvalue weighted by Crippen LogP contribution is -2.38. The Hall–Kier alpha value is -3.12. The van der Waals surface area contributed by atoms with Crippen LogP contribution in [0.15, 0.2) is 89.8 Å². The molecule has 0 radical (unpaired) electrons. The summed E-state index contributed by atoms with van der Waals surface area (Å²) >= 11 is 0. The SMILES string of the molecule is O=C(c1cccc(NS(=O)(=O)c2ccccc2)c1)N1CCC(Cc2ccccc2)CC1. The minimum absolute atomic E-state index is 0.0566. The molecule has 0 spiro atoms. The van der Waals surface area contributed by atoms with Crippen molar-refractivity contribution in [1.82, 2.24) is 4.90 Å². The summed E-state index contributed by atoms with van der Waals surface area (Å²) in [6.07, 6.45) is 2.99. The van der Waals surface area contributed by atoms with Crippen LogP contribution in [-0.2, 0) is 16.4 Å². The van der Waals surface area contributed by atoms with E-state index in [1.165, 1.54) is 17.7 Å². The molecule has 3 aromatic rings. The molecular weight excluding hydrogens is 408 g/mol. The highest BCUT2D eigenvalue weighted by Crippen LogP contribution is 2.24. The van der Waals surface area contributed by atoms with Crippen LogP contribution in [0, 0.1) is 5.92 Å². The van der Waals surface area contributed by atoms with Crippen LogP contribution in [0.5, 0.6) is 0 Å². The predicted molar refractivity (Wildman–Crippen MR) is 122 cm³/mol. The quantitative estimate of drug-likeness (QED) is 0.617. The van der Waals surface area contributed by atoms with Gasteiger partial charge in [0, 0.05) is 24.3 Å². The number of piperidine rings is 1. The highest BCUT2D eigenvalue weighted by Gasteiger charge is 2.24. The molecule has 0 aromatic heterocycles. The number of sulfonamides is 1. The molecule has 0 bridgehead atoms. The van der Waals surface area contributed by atoms with Crippen LogP contribution < -0.4 is 4.72 Å². The second kappa shape index (κ2) is 9.35. The highest BCUT2D eigenvalue weighted by molar-refractivity contribution is 7.92. The number of nitrogens with zero attached hydrogens (tertiary/aromatic N) is 1. The second-order valence-electron chi connectivity index (χ2n) is 7.92. The average Bonchev–Trinajstić information content (AvgIpc) is 2.80. The van der Waals surface area contributed by atoms with E-state index < -0.39 is 10.0 Å². The number of amides is 1. The summed E-state index contributed by atoms with van der Waals surface area (Å²) in [5, 5.41) is 0. The molecule has 5 nitrogen and oxygen atoms in total. The van der Waals surface area contributed by atoms with Gasteiger partial charge in [0.2, 0.25) is 0 Å². The third-order valence-electron chi connectivity index (χ3n) is 5.68. The fourth-order valence-corrected chi connectivity index (χ4v) is 5.07. The van der Waals surface area contributed by atoms with Gasteiger partial charge in [0.05, 0.1) is 4.90 Å². The first-order valence-corrected chi connectivity index (χ1v) is 12.0. The van der Waals surface area contributed by atoms with Gasteiger partial charge in [0.1, 0.15) is 0 Å². The first-order chi connectivity index (χ1) is 15.0. The first-order valence-electron chi connectivity index (χ1n) is 10.5. The molecule has 0 aliphatic carbocycles. The Labute approximate surface area is 183 Å². The van der Waals surface area contributed by atoms with Gasteiger partial charge in [-0.25, -0.2) is 8.42 Å². The smallest absolute Gasteiger partial charge is 0.261 e. The van der Waals surface area contributed by atoms with Crippen molar-refractivity contribution >= 4 is 21.6 Å². The molecule has 1 fully saturated rings. The maximum atomic E-state index is 13.0. The first kappa shape index (κ1) is 21.1. The third-order valence-corrected chi connectivity index (χ3v) is 7.08. The summed E-state index contributed by atoms with van der Waals surface area (Å²) in [5.74, 6) is 0.523. The predicted octanol–water partition coefficient (Wildman–Crippen LogP) is 4.58. The van der Waals surface area contributed by atoms with Crippen LogP contribution in [-0.4, -0.2) is 32.3 Å².